The fraction of sp³-hybridized carbons (Fsp3) is 0.136. The maximum Gasteiger partial charge on any atom is 0.236 e. The van der Waals surface area contributed by atoms with Gasteiger partial charge in [0.2, 0.25) is 12.7 Å². The lowest BCUT2D eigenvalue weighted by Crippen LogP contribution is -2.14. The Morgan fingerprint density at radius 3 is 2.60 bits per heavy atom. The van der Waals surface area contributed by atoms with Crippen LogP contribution in [-0.4, -0.2) is 33.4 Å². The number of ether oxygens (including phenoxy) is 2. The van der Waals surface area contributed by atoms with Crippen molar-refractivity contribution < 1.29 is 9.47 Å². The van der Waals surface area contributed by atoms with Gasteiger partial charge in [-0.3, -0.25) is 4.57 Å². The summed E-state index contributed by atoms with van der Waals surface area (Å²) in [6, 6.07) is 14.2. The van der Waals surface area contributed by atoms with Crippen molar-refractivity contribution in [1.82, 2.24) is 19.5 Å². The summed E-state index contributed by atoms with van der Waals surface area (Å²) >= 11 is 0. The zero-order chi connectivity index (χ0) is 19.8. The van der Waals surface area contributed by atoms with Gasteiger partial charge in [0.25, 0.3) is 0 Å². The fourth-order valence-electron chi connectivity index (χ4n) is 3.27. The molecule has 0 atom stereocenters. The number of benzene rings is 2. The molecule has 2 aromatic heterocycles. The van der Waals surface area contributed by atoms with Crippen LogP contribution in [0, 0.1) is 6.92 Å². The summed E-state index contributed by atoms with van der Waals surface area (Å²) in [7, 11) is 1.98. The number of hydrogen-bond donors (Lipinski definition) is 0. The van der Waals surface area contributed by atoms with E-state index in [9.17, 15) is 0 Å². The van der Waals surface area contributed by atoms with Crippen LogP contribution in [0.2, 0.25) is 0 Å². The van der Waals surface area contributed by atoms with Crippen LogP contribution in [0.3, 0.4) is 0 Å². The molecule has 30 heavy (non-hydrogen) atoms. The number of imidazole rings is 1. The largest absolute Gasteiger partial charge is 0.454 e. The van der Waals surface area contributed by atoms with Crippen molar-refractivity contribution in [2.24, 2.45) is 0 Å². The molecule has 1 aliphatic rings. The van der Waals surface area contributed by atoms with E-state index < -0.39 is 0 Å². The Balaban J connectivity index is 0.00000218. The molecule has 0 aliphatic carbocycles. The summed E-state index contributed by atoms with van der Waals surface area (Å²) in [5.74, 6) is 2.82. The van der Waals surface area contributed by atoms with Crippen molar-refractivity contribution in [1.29, 1.82) is 0 Å². The van der Waals surface area contributed by atoms with Gasteiger partial charge >= 0.3 is 0 Å². The lowest BCUT2D eigenvalue weighted by atomic mass is 10.1. The normalized spacial score (nSPS) is 11.8. The van der Waals surface area contributed by atoms with Crippen LogP contribution in [0.25, 0.3) is 17.1 Å². The van der Waals surface area contributed by atoms with Crippen LogP contribution in [-0.2, 0) is 0 Å². The van der Waals surface area contributed by atoms with E-state index >= 15 is 0 Å². The van der Waals surface area contributed by atoms with E-state index in [1.807, 2.05) is 42.5 Å². The van der Waals surface area contributed by atoms with E-state index in [1.165, 1.54) is 5.56 Å². The minimum absolute atomic E-state index is 0. The van der Waals surface area contributed by atoms with Gasteiger partial charge in [0, 0.05) is 43.0 Å². The van der Waals surface area contributed by atoms with Crippen LogP contribution in [0.5, 0.6) is 11.5 Å². The molecule has 152 valence electrons. The van der Waals surface area contributed by atoms with Gasteiger partial charge in [0.1, 0.15) is 12.1 Å². The SMILES string of the molecule is Cc1ccc(-c2cnc(-n3ccnc3)nc2N(C)c2ccc3c(c2)OCO3)cc1.Cl. The highest BCUT2D eigenvalue weighted by Gasteiger charge is 2.19. The third kappa shape index (κ3) is 3.55. The monoisotopic (exact) mass is 421 g/mol. The smallest absolute Gasteiger partial charge is 0.236 e. The third-order valence-electron chi connectivity index (χ3n) is 4.91. The van der Waals surface area contributed by atoms with Gasteiger partial charge in [0.15, 0.2) is 11.5 Å². The topological polar surface area (TPSA) is 65.3 Å². The van der Waals surface area contributed by atoms with Gasteiger partial charge < -0.3 is 14.4 Å². The van der Waals surface area contributed by atoms with E-state index in [-0.39, 0.29) is 19.2 Å². The Labute approximate surface area is 180 Å². The van der Waals surface area contributed by atoms with Crippen molar-refractivity contribution in [3.05, 3.63) is 72.9 Å². The molecular formula is C22H20ClN5O2. The molecule has 8 heteroatoms. The zero-order valence-corrected chi connectivity index (χ0v) is 17.3. The Morgan fingerprint density at radius 1 is 1.03 bits per heavy atom. The van der Waals surface area contributed by atoms with Gasteiger partial charge in [-0.2, -0.15) is 4.98 Å². The second-order valence-corrected chi connectivity index (χ2v) is 6.84. The Bertz CT molecular complexity index is 1160. The highest BCUT2D eigenvalue weighted by Crippen LogP contribution is 2.39. The number of aromatic nitrogens is 4. The summed E-state index contributed by atoms with van der Waals surface area (Å²) in [6.07, 6.45) is 7.07. The zero-order valence-electron chi connectivity index (χ0n) is 16.5. The Hall–Kier alpha value is -3.58. The minimum Gasteiger partial charge on any atom is -0.454 e. The van der Waals surface area contributed by atoms with Gasteiger partial charge in [0.05, 0.1) is 0 Å². The Kier molecular flexibility index (Phi) is 5.29. The molecule has 3 heterocycles. The van der Waals surface area contributed by atoms with Crippen molar-refractivity contribution in [2.75, 3.05) is 18.7 Å². The highest BCUT2D eigenvalue weighted by atomic mass is 35.5. The minimum atomic E-state index is 0. The number of rotatable bonds is 4. The molecule has 0 saturated carbocycles. The van der Waals surface area contributed by atoms with Gasteiger partial charge in [-0.05, 0) is 24.6 Å². The Morgan fingerprint density at radius 2 is 1.83 bits per heavy atom. The predicted octanol–water partition coefficient (Wildman–Crippen LogP) is 4.56. The average Bonchev–Trinajstić information content (AvgIpc) is 3.45. The molecule has 0 radical (unpaired) electrons. The van der Waals surface area contributed by atoms with E-state index in [2.05, 4.69) is 41.2 Å². The molecule has 0 N–H and O–H groups in total. The van der Waals surface area contributed by atoms with E-state index in [4.69, 9.17) is 14.5 Å². The number of halogens is 1. The van der Waals surface area contributed by atoms with Gasteiger partial charge in [-0.25, -0.2) is 9.97 Å². The number of aryl methyl sites for hydroxylation is 1. The number of nitrogens with zero attached hydrogens (tertiary/aromatic N) is 5. The van der Waals surface area contributed by atoms with Crippen LogP contribution in [0.1, 0.15) is 5.56 Å². The molecule has 0 fully saturated rings. The molecule has 7 nitrogen and oxygen atoms in total. The average molecular weight is 422 g/mol. The molecule has 0 saturated heterocycles. The molecule has 4 aromatic rings. The molecule has 1 aliphatic heterocycles. The first-order valence-electron chi connectivity index (χ1n) is 9.25. The van der Waals surface area contributed by atoms with E-state index in [0.29, 0.717) is 5.95 Å². The predicted molar refractivity (Wildman–Crippen MR) is 117 cm³/mol. The standard InChI is InChI=1S/C22H19N5O2.ClH/c1-15-3-5-16(6-4-15)18-12-24-22(27-10-9-23-13-27)25-21(18)26(2)17-7-8-19-20(11-17)29-14-28-19;/h3-13H,14H2,1-2H3;1H. The highest BCUT2D eigenvalue weighted by molar-refractivity contribution is 5.85. The molecule has 0 unspecified atom stereocenters. The lowest BCUT2D eigenvalue weighted by Gasteiger charge is -2.22. The van der Waals surface area contributed by atoms with Crippen LogP contribution >= 0.6 is 12.4 Å². The van der Waals surface area contributed by atoms with Crippen molar-refractivity contribution in [3.63, 3.8) is 0 Å². The summed E-state index contributed by atoms with van der Waals surface area (Å²) in [5.41, 5.74) is 4.14. The van der Waals surface area contributed by atoms with Crippen molar-refractivity contribution in [3.8, 4) is 28.6 Å². The second-order valence-electron chi connectivity index (χ2n) is 6.84. The first-order valence-corrected chi connectivity index (χ1v) is 9.25. The summed E-state index contributed by atoms with van der Waals surface area (Å²) < 4.78 is 12.8. The summed E-state index contributed by atoms with van der Waals surface area (Å²) in [6.45, 7) is 2.32. The summed E-state index contributed by atoms with van der Waals surface area (Å²) in [5, 5.41) is 0. The molecule has 2 aromatic carbocycles. The van der Waals surface area contributed by atoms with Crippen LogP contribution in [0.4, 0.5) is 11.5 Å². The first-order chi connectivity index (χ1) is 14.2. The van der Waals surface area contributed by atoms with Gasteiger partial charge in [-0.15, -0.1) is 12.4 Å². The number of fused-ring (bicyclic) bond motifs is 1. The maximum absolute atomic E-state index is 5.54. The van der Waals surface area contributed by atoms with E-state index in [1.54, 1.807) is 17.1 Å². The third-order valence-corrected chi connectivity index (χ3v) is 4.91. The number of anilines is 2. The van der Waals surface area contributed by atoms with Gasteiger partial charge in [-0.1, -0.05) is 29.8 Å². The second kappa shape index (κ2) is 8.04. The van der Waals surface area contributed by atoms with Crippen molar-refractivity contribution in [2.45, 2.75) is 6.92 Å². The fourth-order valence-corrected chi connectivity index (χ4v) is 3.27. The van der Waals surface area contributed by atoms with E-state index in [0.717, 1.165) is 34.1 Å². The molecule has 0 spiro atoms. The number of hydrogen-bond acceptors (Lipinski definition) is 6. The molecule has 0 amide bonds. The van der Waals surface area contributed by atoms with Crippen molar-refractivity contribution >= 4 is 23.9 Å². The summed E-state index contributed by atoms with van der Waals surface area (Å²) in [4.78, 5) is 15.5. The molecule has 0 bridgehead atoms. The first kappa shape index (κ1) is 19.7. The maximum atomic E-state index is 5.54. The molecule has 5 rings (SSSR count). The quantitative estimate of drug-likeness (QED) is 0.481. The lowest BCUT2D eigenvalue weighted by molar-refractivity contribution is 0.174. The molecular weight excluding hydrogens is 402 g/mol. The van der Waals surface area contributed by atoms with Crippen LogP contribution in [0.15, 0.2) is 67.4 Å². The van der Waals surface area contributed by atoms with Crippen LogP contribution < -0.4 is 14.4 Å².